The quantitative estimate of drug-likeness (QED) is 0.761. The Morgan fingerprint density at radius 2 is 2.00 bits per heavy atom. The highest BCUT2D eigenvalue weighted by Gasteiger charge is 2.16. The molecule has 0 aliphatic rings. The van der Waals surface area contributed by atoms with Crippen LogP contribution in [0.1, 0.15) is 25.5 Å². The van der Waals surface area contributed by atoms with Crippen molar-refractivity contribution in [2.45, 2.75) is 32.1 Å². The predicted octanol–water partition coefficient (Wildman–Crippen LogP) is 2.75. The van der Waals surface area contributed by atoms with Crippen LogP contribution in [0, 0.1) is 0 Å². The number of hydrogen-bond acceptors (Lipinski definition) is 4. The Morgan fingerprint density at radius 1 is 1.29 bits per heavy atom. The van der Waals surface area contributed by atoms with Gasteiger partial charge in [0.25, 0.3) is 0 Å². The Bertz CT molecular complexity index is 416. The van der Waals surface area contributed by atoms with Gasteiger partial charge in [0.05, 0.1) is 25.4 Å². The molecule has 0 saturated carbocycles. The maximum absolute atomic E-state index is 10.1. The summed E-state index contributed by atoms with van der Waals surface area (Å²) in [5.74, 6) is 0. The standard InChI is InChI=1S/C16H26ClNO3/c1-12(10-20-4)21-11-16(19)9-18(3)13(2)14-6-5-7-15(17)8-14/h5-8,12-13,16,19H,9-11H2,1-4H3. The molecule has 5 heteroatoms. The van der Waals surface area contributed by atoms with E-state index < -0.39 is 6.10 Å². The van der Waals surface area contributed by atoms with Gasteiger partial charge in [-0.3, -0.25) is 4.90 Å². The largest absolute Gasteiger partial charge is 0.389 e. The van der Waals surface area contributed by atoms with Gasteiger partial charge in [-0.05, 0) is 38.6 Å². The maximum atomic E-state index is 10.1. The Morgan fingerprint density at radius 3 is 2.62 bits per heavy atom. The molecule has 4 nitrogen and oxygen atoms in total. The van der Waals surface area contributed by atoms with Gasteiger partial charge in [-0.1, -0.05) is 23.7 Å². The highest BCUT2D eigenvalue weighted by molar-refractivity contribution is 6.30. The van der Waals surface area contributed by atoms with Gasteiger partial charge in [-0.15, -0.1) is 0 Å². The number of hydrogen-bond donors (Lipinski definition) is 1. The SMILES string of the molecule is COCC(C)OCC(O)CN(C)C(C)c1cccc(Cl)c1. The summed E-state index contributed by atoms with van der Waals surface area (Å²) in [6, 6.07) is 7.96. The summed E-state index contributed by atoms with van der Waals surface area (Å²) in [6.07, 6.45) is -0.545. The van der Waals surface area contributed by atoms with E-state index in [1.165, 1.54) is 0 Å². The average molecular weight is 316 g/mol. The summed E-state index contributed by atoms with van der Waals surface area (Å²) in [4.78, 5) is 2.08. The van der Waals surface area contributed by atoms with E-state index in [1.807, 2.05) is 38.2 Å². The zero-order valence-corrected chi connectivity index (χ0v) is 14.0. The normalized spacial score (nSPS) is 16.0. The van der Waals surface area contributed by atoms with Crippen LogP contribution in [0.4, 0.5) is 0 Å². The second-order valence-electron chi connectivity index (χ2n) is 5.42. The zero-order valence-electron chi connectivity index (χ0n) is 13.3. The molecule has 1 aromatic rings. The van der Waals surface area contributed by atoms with E-state index in [0.717, 1.165) is 10.6 Å². The van der Waals surface area contributed by atoms with E-state index in [2.05, 4.69) is 11.8 Å². The van der Waals surface area contributed by atoms with Crippen LogP contribution in [0.3, 0.4) is 0 Å². The van der Waals surface area contributed by atoms with Crippen LogP contribution >= 0.6 is 11.6 Å². The van der Waals surface area contributed by atoms with Gasteiger partial charge in [0.15, 0.2) is 0 Å². The number of methoxy groups -OCH3 is 1. The fraction of sp³-hybridized carbons (Fsp3) is 0.625. The summed E-state index contributed by atoms with van der Waals surface area (Å²) in [5.41, 5.74) is 1.13. The second-order valence-corrected chi connectivity index (χ2v) is 5.86. The molecule has 0 aliphatic carbocycles. The average Bonchev–Trinajstić information content (AvgIpc) is 2.44. The van der Waals surface area contributed by atoms with Gasteiger partial charge in [0, 0.05) is 24.7 Å². The van der Waals surface area contributed by atoms with Crippen LogP contribution in [-0.2, 0) is 9.47 Å². The third kappa shape index (κ3) is 6.76. The first-order valence-corrected chi connectivity index (χ1v) is 7.56. The van der Waals surface area contributed by atoms with Crippen molar-refractivity contribution < 1.29 is 14.6 Å². The van der Waals surface area contributed by atoms with Crippen molar-refractivity contribution >= 4 is 11.6 Å². The number of rotatable bonds is 9. The summed E-state index contributed by atoms with van der Waals surface area (Å²) < 4.78 is 10.5. The molecule has 3 unspecified atom stereocenters. The molecule has 0 amide bonds. The number of likely N-dealkylation sites (N-methyl/N-ethyl adjacent to an activating group) is 1. The minimum Gasteiger partial charge on any atom is -0.389 e. The predicted molar refractivity (Wildman–Crippen MR) is 85.8 cm³/mol. The monoisotopic (exact) mass is 315 g/mol. The van der Waals surface area contributed by atoms with E-state index in [-0.39, 0.29) is 12.1 Å². The van der Waals surface area contributed by atoms with E-state index in [4.69, 9.17) is 21.1 Å². The van der Waals surface area contributed by atoms with Crippen molar-refractivity contribution in [3.63, 3.8) is 0 Å². The number of nitrogens with zero attached hydrogens (tertiary/aromatic N) is 1. The highest BCUT2D eigenvalue weighted by Crippen LogP contribution is 2.21. The molecule has 0 bridgehead atoms. The minimum absolute atomic E-state index is 0.0136. The van der Waals surface area contributed by atoms with E-state index in [1.54, 1.807) is 7.11 Å². The number of ether oxygens (including phenoxy) is 2. The van der Waals surface area contributed by atoms with Gasteiger partial charge in [-0.2, -0.15) is 0 Å². The molecule has 1 rings (SSSR count). The summed E-state index contributed by atoms with van der Waals surface area (Å²) in [5, 5.41) is 10.8. The molecule has 1 aromatic carbocycles. The van der Waals surface area contributed by atoms with Gasteiger partial charge in [-0.25, -0.2) is 0 Å². The molecule has 3 atom stereocenters. The lowest BCUT2D eigenvalue weighted by Crippen LogP contribution is -2.35. The van der Waals surface area contributed by atoms with Crippen LogP contribution in [0.15, 0.2) is 24.3 Å². The third-order valence-electron chi connectivity index (χ3n) is 3.47. The molecule has 1 N–H and O–H groups in total. The van der Waals surface area contributed by atoms with Crippen molar-refractivity contribution in [3.8, 4) is 0 Å². The smallest absolute Gasteiger partial charge is 0.0900 e. The van der Waals surface area contributed by atoms with Crippen LogP contribution in [0.25, 0.3) is 0 Å². The van der Waals surface area contributed by atoms with Crippen LogP contribution in [0.2, 0.25) is 5.02 Å². The second kappa shape index (κ2) is 9.38. The van der Waals surface area contributed by atoms with Crippen molar-refractivity contribution in [1.82, 2.24) is 4.90 Å². The molecule has 0 fully saturated rings. The molecule has 0 saturated heterocycles. The van der Waals surface area contributed by atoms with Crippen LogP contribution < -0.4 is 0 Å². The lowest BCUT2D eigenvalue weighted by atomic mass is 10.1. The Balaban J connectivity index is 2.42. The van der Waals surface area contributed by atoms with E-state index >= 15 is 0 Å². The minimum atomic E-state index is -0.532. The van der Waals surface area contributed by atoms with E-state index in [0.29, 0.717) is 19.8 Å². The van der Waals surface area contributed by atoms with Gasteiger partial charge in [0.1, 0.15) is 0 Å². The topological polar surface area (TPSA) is 41.9 Å². The van der Waals surface area contributed by atoms with Gasteiger partial charge < -0.3 is 14.6 Å². The van der Waals surface area contributed by atoms with Crippen molar-refractivity contribution in [2.75, 3.05) is 33.9 Å². The molecule has 0 spiro atoms. The van der Waals surface area contributed by atoms with Gasteiger partial charge in [0.2, 0.25) is 0 Å². The Labute approximate surface area is 132 Å². The van der Waals surface area contributed by atoms with E-state index in [9.17, 15) is 5.11 Å². The number of aliphatic hydroxyl groups excluding tert-OH is 1. The number of halogens is 1. The van der Waals surface area contributed by atoms with Crippen LogP contribution in [0.5, 0.6) is 0 Å². The number of benzene rings is 1. The Kier molecular flexibility index (Phi) is 8.22. The molecule has 21 heavy (non-hydrogen) atoms. The molecule has 120 valence electrons. The molecule has 0 aliphatic heterocycles. The zero-order chi connectivity index (χ0) is 15.8. The summed E-state index contributed by atoms with van der Waals surface area (Å²) >= 11 is 6.01. The third-order valence-corrected chi connectivity index (χ3v) is 3.70. The fourth-order valence-corrected chi connectivity index (χ4v) is 2.32. The number of aliphatic hydroxyl groups is 1. The van der Waals surface area contributed by atoms with Crippen LogP contribution in [-0.4, -0.2) is 56.1 Å². The summed E-state index contributed by atoms with van der Waals surface area (Å²) in [7, 11) is 3.62. The van der Waals surface area contributed by atoms with Crippen molar-refractivity contribution in [1.29, 1.82) is 0 Å². The lowest BCUT2D eigenvalue weighted by Gasteiger charge is -2.27. The first-order valence-electron chi connectivity index (χ1n) is 7.18. The molecular weight excluding hydrogens is 290 g/mol. The lowest BCUT2D eigenvalue weighted by molar-refractivity contribution is -0.0402. The first-order chi connectivity index (χ1) is 9.93. The molecular formula is C16H26ClNO3. The van der Waals surface area contributed by atoms with Gasteiger partial charge >= 0.3 is 0 Å². The first kappa shape index (κ1) is 18.4. The van der Waals surface area contributed by atoms with Crippen molar-refractivity contribution in [2.24, 2.45) is 0 Å². The molecule has 0 radical (unpaired) electrons. The summed E-state index contributed by atoms with van der Waals surface area (Å²) in [6.45, 7) is 5.38. The molecule has 0 aromatic heterocycles. The highest BCUT2D eigenvalue weighted by atomic mass is 35.5. The Hall–Kier alpha value is -0.650. The fourth-order valence-electron chi connectivity index (χ4n) is 2.12. The maximum Gasteiger partial charge on any atom is 0.0900 e. The molecule has 0 heterocycles. The van der Waals surface area contributed by atoms with Crippen molar-refractivity contribution in [3.05, 3.63) is 34.9 Å².